The normalized spacial score (nSPS) is 11.8. The molecule has 0 N–H and O–H groups in total. The molecule has 0 unspecified atom stereocenters. The number of pyridine rings is 1. The van der Waals surface area contributed by atoms with E-state index in [4.69, 9.17) is 0 Å². The van der Waals surface area contributed by atoms with Gasteiger partial charge < -0.3 is 4.57 Å². The van der Waals surface area contributed by atoms with Gasteiger partial charge in [0.1, 0.15) is 5.82 Å². The minimum absolute atomic E-state index is 0.236. The molecule has 3 heteroatoms. The maximum Gasteiger partial charge on any atom is 0.131 e. The fourth-order valence-electron chi connectivity index (χ4n) is 10.4. The zero-order valence-corrected chi connectivity index (χ0v) is 34.6. The average Bonchev–Trinajstić information content (AvgIpc) is 3.69. The monoisotopic (exact) mass is 816 g/mol. The summed E-state index contributed by atoms with van der Waals surface area (Å²) in [6.45, 7) is 0. The zero-order chi connectivity index (χ0) is 42.3. The highest BCUT2D eigenvalue weighted by molar-refractivity contribution is 6.22. The molecular weight excluding hydrogens is 780 g/mol. The van der Waals surface area contributed by atoms with Gasteiger partial charge in [-0.05, 0) is 147 Å². The molecule has 0 fully saturated rings. The highest BCUT2D eigenvalue weighted by atomic mass is 19.1. The molecule has 2 heterocycles. The summed E-state index contributed by atoms with van der Waals surface area (Å²) in [5.41, 5.74) is 11.4. The summed E-state index contributed by atoms with van der Waals surface area (Å²) in [7, 11) is 0. The van der Waals surface area contributed by atoms with Gasteiger partial charge in [-0.25, -0.2) is 4.39 Å². The van der Waals surface area contributed by atoms with E-state index in [9.17, 15) is 0 Å². The number of hydrogen-bond acceptors (Lipinski definition) is 1. The van der Waals surface area contributed by atoms with Crippen LogP contribution in [0.15, 0.2) is 225 Å². The van der Waals surface area contributed by atoms with Gasteiger partial charge in [-0.1, -0.05) is 158 Å². The topological polar surface area (TPSA) is 17.8 Å². The van der Waals surface area contributed by atoms with Crippen molar-refractivity contribution in [2.75, 3.05) is 0 Å². The molecule has 298 valence electrons. The Morgan fingerprint density at radius 1 is 0.328 bits per heavy atom. The molecule has 11 aromatic carbocycles. The van der Waals surface area contributed by atoms with E-state index in [0.717, 1.165) is 76.7 Å². The second-order valence-electron chi connectivity index (χ2n) is 16.8. The Labute approximate surface area is 368 Å². The number of halogens is 1. The van der Waals surface area contributed by atoms with Gasteiger partial charge in [-0.15, -0.1) is 0 Å². The first-order chi connectivity index (χ1) is 31.7. The summed E-state index contributed by atoms with van der Waals surface area (Å²) in [6, 6.07) is 74.8. The van der Waals surface area contributed by atoms with Gasteiger partial charge in [0.05, 0.1) is 17.2 Å². The molecule has 0 amide bonds. The fourth-order valence-corrected chi connectivity index (χ4v) is 10.4. The maximum atomic E-state index is 16.8. The summed E-state index contributed by atoms with van der Waals surface area (Å²) in [4.78, 5) is 4.49. The van der Waals surface area contributed by atoms with Gasteiger partial charge in [-0.2, -0.15) is 0 Å². The zero-order valence-electron chi connectivity index (χ0n) is 34.6. The van der Waals surface area contributed by atoms with Crippen molar-refractivity contribution in [3.05, 3.63) is 231 Å². The van der Waals surface area contributed by atoms with Crippen LogP contribution in [0.1, 0.15) is 0 Å². The molecule has 64 heavy (non-hydrogen) atoms. The molecule has 2 nitrogen and oxygen atoms in total. The second kappa shape index (κ2) is 14.3. The Morgan fingerprint density at radius 2 is 0.875 bits per heavy atom. The van der Waals surface area contributed by atoms with Crippen LogP contribution in [-0.4, -0.2) is 9.55 Å². The molecule has 0 spiro atoms. The summed E-state index contributed by atoms with van der Waals surface area (Å²) in [5.74, 6) is -0.236. The predicted molar refractivity (Wildman–Crippen MR) is 268 cm³/mol. The maximum absolute atomic E-state index is 16.8. The summed E-state index contributed by atoms with van der Waals surface area (Å²) < 4.78 is 19.1. The third-order valence-corrected chi connectivity index (χ3v) is 13.3. The third-order valence-electron chi connectivity index (χ3n) is 13.3. The Balaban J connectivity index is 0.917. The van der Waals surface area contributed by atoms with Crippen LogP contribution in [0.3, 0.4) is 0 Å². The van der Waals surface area contributed by atoms with E-state index in [1.807, 2.05) is 30.6 Å². The van der Waals surface area contributed by atoms with E-state index in [0.29, 0.717) is 5.56 Å². The molecule has 0 radical (unpaired) electrons. The first-order valence-corrected chi connectivity index (χ1v) is 21.8. The number of para-hydroxylation sites is 1. The average molecular weight is 817 g/mol. The smallest absolute Gasteiger partial charge is 0.131 e. The van der Waals surface area contributed by atoms with Gasteiger partial charge in [0.2, 0.25) is 0 Å². The summed E-state index contributed by atoms with van der Waals surface area (Å²) in [5, 5.41) is 13.6. The quantitative estimate of drug-likeness (QED) is 0.125. The van der Waals surface area contributed by atoms with Gasteiger partial charge in [0.15, 0.2) is 0 Å². The van der Waals surface area contributed by atoms with Crippen LogP contribution in [-0.2, 0) is 0 Å². The van der Waals surface area contributed by atoms with Gasteiger partial charge in [0.25, 0.3) is 0 Å². The van der Waals surface area contributed by atoms with Gasteiger partial charge in [0, 0.05) is 28.2 Å². The molecule has 0 saturated carbocycles. The highest BCUT2D eigenvalue weighted by Crippen LogP contribution is 2.46. The van der Waals surface area contributed by atoms with E-state index in [1.54, 1.807) is 6.07 Å². The lowest BCUT2D eigenvalue weighted by molar-refractivity contribution is 0.632. The number of rotatable bonds is 5. The van der Waals surface area contributed by atoms with Crippen molar-refractivity contribution >= 4 is 75.7 Å². The summed E-state index contributed by atoms with van der Waals surface area (Å²) >= 11 is 0. The molecule has 0 atom stereocenters. The molecule has 2 aromatic heterocycles. The van der Waals surface area contributed by atoms with E-state index >= 15 is 4.39 Å². The van der Waals surface area contributed by atoms with Crippen molar-refractivity contribution in [3.63, 3.8) is 0 Å². The van der Waals surface area contributed by atoms with E-state index in [-0.39, 0.29) is 5.82 Å². The lowest BCUT2D eigenvalue weighted by atomic mass is 9.85. The first kappa shape index (κ1) is 36.3. The second-order valence-corrected chi connectivity index (χ2v) is 16.8. The SMILES string of the molecule is Fc1cc(-c2c3ccccc3c(-c3ccc4cc(-c5ccc6c(c5)c5ccncc5n6-c5ccccc5)ccc4c3)c3ccccc23)ccc1-c1cc2ccccc2c2ccccc12. The Hall–Kier alpha value is -8.40. The van der Waals surface area contributed by atoms with Crippen LogP contribution in [0.5, 0.6) is 0 Å². The molecule has 0 aliphatic carbocycles. The molecule has 0 bridgehead atoms. The standard InChI is InChI=1S/C61H37FN2/c62-57-36-44(26-28-49(57)55-35-42-12-4-5-15-46(42)47-16-6-7-17-48(47)55)61-53-20-10-8-18-51(53)60(52-19-9-11-21-54(52)61)43-25-24-38-32-39(22-23-40(38)33-43)41-27-29-58-56(34-41)50-30-31-63-37-59(50)64(58)45-13-2-1-3-14-45/h1-37H. The van der Waals surface area contributed by atoms with Crippen LogP contribution in [0.25, 0.3) is 126 Å². The summed E-state index contributed by atoms with van der Waals surface area (Å²) in [6.07, 6.45) is 3.84. The van der Waals surface area contributed by atoms with Crippen molar-refractivity contribution in [2.45, 2.75) is 0 Å². The van der Waals surface area contributed by atoms with Crippen LogP contribution in [0, 0.1) is 5.82 Å². The fraction of sp³-hybridized carbons (Fsp3) is 0. The minimum Gasteiger partial charge on any atom is -0.308 e. The number of aromatic nitrogens is 2. The van der Waals surface area contributed by atoms with Crippen LogP contribution >= 0.6 is 0 Å². The number of nitrogens with zero attached hydrogens (tertiary/aromatic N) is 2. The molecule has 0 saturated heterocycles. The molecule has 13 rings (SSSR count). The van der Waals surface area contributed by atoms with Crippen LogP contribution in [0.2, 0.25) is 0 Å². The lowest BCUT2D eigenvalue weighted by Crippen LogP contribution is -1.93. The largest absolute Gasteiger partial charge is 0.308 e. The van der Waals surface area contributed by atoms with Gasteiger partial charge in [-0.3, -0.25) is 4.98 Å². The third kappa shape index (κ3) is 5.61. The van der Waals surface area contributed by atoms with Crippen LogP contribution < -0.4 is 0 Å². The molecule has 13 aromatic rings. The van der Waals surface area contributed by atoms with Crippen molar-refractivity contribution < 1.29 is 4.39 Å². The highest BCUT2D eigenvalue weighted by Gasteiger charge is 2.20. The Bertz CT molecular complexity index is 3970. The number of fused-ring (bicyclic) bond motifs is 9. The first-order valence-electron chi connectivity index (χ1n) is 21.8. The predicted octanol–water partition coefficient (Wildman–Crippen LogP) is 16.8. The minimum atomic E-state index is -0.236. The number of hydrogen-bond donors (Lipinski definition) is 0. The lowest BCUT2D eigenvalue weighted by Gasteiger charge is -2.19. The Morgan fingerprint density at radius 3 is 1.58 bits per heavy atom. The van der Waals surface area contributed by atoms with E-state index in [2.05, 4.69) is 198 Å². The van der Waals surface area contributed by atoms with E-state index in [1.165, 1.54) is 43.6 Å². The van der Waals surface area contributed by atoms with Crippen molar-refractivity contribution in [1.82, 2.24) is 9.55 Å². The van der Waals surface area contributed by atoms with Crippen molar-refractivity contribution in [2.24, 2.45) is 0 Å². The van der Waals surface area contributed by atoms with Crippen molar-refractivity contribution in [3.8, 4) is 50.2 Å². The molecule has 0 aliphatic rings. The number of benzene rings is 11. The molecule has 0 aliphatic heterocycles. The van der Waals surface area contributed by atoms with Gasteiger partial charge >= 0.3 is 0 Å². The van der Waals surface area contributed by atoms with E-state index < -0.39 is 0 Å². The van der Waals surface area contributed by atoms with Crippen LogP contribution in [0.4, 0.5) is 4.39 Å². The Kier molecular flexibility index (Phi) is 8.13. The van der Waals surface area contributed by atoms with Crippen molar-refractivity contribution in [1.29, 1.82) is 0 Å². The molecular formula is C61H37FN2.